The summed E-state index contributed by atoms with van der Waals surface area (Å²) in [5.41, 5.74) is 0.371. The predicted octanol–water partition coefficient (Wildman–Crippen LogP) is 4.04. The molecular formula is C18H13F3N4O4S. The molecule has 1 amide bonds. The Balaban J connectivity index is 1.76. The van der Waals surface area contributed by atoms with Crippen LogP contribution in [0.5, 0.6) is 0 Å². The van der Waals surface area contributed by atoms with E-state index in [1.807, 2.05) is 0 Å². The summed E-state index contributed by atoms with van der Waals surface area (Å²) >= 11 is 1.19. The highest BCUT2D eigenvalue weighted by Gasteiger charge is 2.38. The predicted molar refractivity (Wildman–Crippen MR) is 98.4 cm³/mol. The van der Waals surface area contributed by atoms with Crippen molar-refractivity contribution in [1.29, 1.82) is 0 Å². The molecule has 0 unspecified atom stereocenters. The smallest absolute Gasteiger partial charge is 0.455 e. The second-order valence-corrected chi connectivity index (χ2v) is 7.60. The summed E-state index contributed by atoms with van der Waals surface area (Å²) in [5.74, 6) is -3.89. The summed E-state index contributed by atoms with van der Waals surface area (Å²) in [6, 6.07) is 2.62. The van der Waals surface area contributed by atoms with Crippen LogP contribution in [0.25, 0.3) is 11.5 Å². The van der Waals surface area contributed by atoms with Crippen LogP contribution < -0.4 is 5.32 Å². The Labute approximate surface area is 170 Å². The second-order valence-electron chi connectivity index (χ2n) is 6.49. The average molecular weight is 438 g/mol. The molecule has 0 fully saturated rings. The fraction of sp³-hybridized carbons (Fsp3) is 0.278. The van der Waals surface area contributed by atoms with E-state index < -0.39 is 23.9 Å². The molecule has 0 bridgehead atoms. The Morgan fingerprint density at radius 1 is 1.23 bits per heavy atom. The van der Waals surface area contributed by atoms with E-state index in [1.165, 1.54) is 29.7 Å². The number of anilines is 1. The van der Waals surface area contributed by atoms with Gasteiger partial charge in [-0.3, -0.25) is 9.78 Å². The zero-order valence-electron chi connectivity index (χ0n) is 15.1. The van der Waals surface area contributed by atoms with Gasteiger partial charge in [-0.05, 0) is 43.4 Å². The highest BCUT2D eigenvalue weighted by atomic mass is 32.1. The van der Waals surface area contributed by atoms with E-state index in [-0.39, 0.29) is 27.7 Å². The molecule has 0 atom stereocenters. The number of alkyl halides is 3. The monoisotopic (exact) mass is 438 g/mol. The third kappa shape index (κ3) is 3.65. The van der Waals surface area contributed by atoms with Gasteiger partial charge in [-0.25, -0.2) is 4.79 Å². The number of amides is 1. The quantitative estimate of drug-likeness (QED) is 0.631. The van der Waals surface area contributed by atoms with E-state index in [4.69, 9.17) is 4.52 Å². The molecule has 3 aromatic heterocycles. The van der Waals surface area contributed by atoms with Crippen LogP contribution in [-0.4, -0.2) is 32.1 Å². The first-order chi connectivity index (χ1) is 14.3. The number of aryl methyl sites for hydroxylation is 1. The molecule has 4 rings (SSSR count). The van der Waals surface area contributed by atoms with Crippen molar-refractivity contribution in [3.05, 3.63) is 45.9 Å². The lowest BCUT2D eigenvalue weighted by Crippen LogP contribution is -2.18. The first-order valence-electron chi connectivity index (χ1n) is 8.81. The minimum absolute atomic E-state index is 0.214. The third-order valence-corrected chi connectivity index (χ3v) is 5.75. The number of carbonyl (C=O) groups excluding carboxylic acids is 1. The normalized spacial score (nSPS) is 13.7. The summed E-state index contributed by atoms with van der Waals surface area (Å²) in [6.07, 6.45) is -0.478. The number of hydrogen-bond acceptors (Lipinski definition) is 7. The number of hydrogen-bond donors (Lipinski definition) is 2. The lowest BCUT2D eigenvalue weighted by atomic mass is 9.95. The molecule has 3 aromatic rings. The molecule has 0 spiro atoms. The molecule has 12 heteroatoms. The average Bonchev–Trinajstić information content (AvgIpc) is 3.32. The highest BCUT2D eigenvalue weighted by molar-refractivity contribution is 7.17. The number of aromatic carboxylic acids is 1. The molecule has 3 heterocycles. The fourth-order valence-corrected chi connectivity index (χ4v) is 4.52. The van der Waals surface area contributed by atoms with E-state index in [9.17, 15) is 27.9 Å². The molecule has 1 aliphatic carbocycles. The van der Waals surface area contributed by atoms with Crippen LogP contribution in [0, 0.1) is 0 Å². The minimum atomic E-state index is -4.77. The van der Waals surface area contributed by atoms with Crippen LogP contribution in [0.3, 0.4) is 0 Å². The van der Waals surface area contributed by atoms with Gasteiger partial charge in [-0.2, -0.15) is 18.2 Å². The maximum atomic E-state index is 12.9. The van der Waals surface area contributed by atoms with Gasteiger partial charge in [0, 0.05) is 11.1 Å². The molecule has 1 aliphatic rings. The van der Waals surface area contributed by atoms with Crippen molar-refractivity contribution in [3.63, 3.8) is 0 Å². The molecule has 8 nitrogen and oxygen atoms in total. The number of carboxylic acid groups (broad SMARTS) is 1. The maximum absolute atomic E-state index is 12.9. The molecular weight excluding hydrogens is 425 g/mol. The van der Waals surface area contributed by atoms with Crippen molar-refractivity contribution in [2.75, 3.05) is 5.32 Å². The number of thiophene rings is 1. The number of rotatable bonds is 4. The molecule has 30 heavy (non-hydrogen) atoms. The number of carboxylic acids is 1. The van der Waals surface area contributed by atoms with Crippen LogP contribution >= 0.6 is 11.3 Å². The van der Waals surface area contributed by atoms with Crippen molar-refractivity contribution < 1.29 is 32.4 Å². The van der Waals surface area contributed by atoms with Crippen molar-refractivity contribution in [2.45, 2.75) is 31.9 Å². The SMILES string of the molecule is O=C(O)c1cccnc1C(=O)Nc1sc2c(c1-c1nc(C(F)(F)F)no1)CCCC2. The largest absolute Gasteiger partial charge is 0.478 e. The Kier molecular flexibility index (Phi) is 5.02. The Hall–Kier alpha value is -3.28. The molecule has 156 valence electrons. The first kappa shape index (κ1) is 20.0. The van der Waals surface area contributed by atoms with Gasteiger partial charge in [0.05, 0.1) is 11.1 Å². The van der Waals surface area contributed by atoms with Crippen LogP contribution in [0.1, 0.15) is 50.0 Å². The minimum Gasteiger partial charge on any atom is -0.478 e. The van der Waals surface area contributed by atoms with E-state index >= 15 is 0 Å². The number of pyridine rings is 1. The number of halogens is 3. The molecule has 0 aliphatic heterocycles. The van der Waals surface area contributed by atoms with Gasteiger partial charge < -0.3 is 14.9 Å². The fourth-order valence-electron chi connectivity index (χ4n) is 3.24. The standard InChI is InChI=1S/C18H13F3N4O4S/c19-18(20,21)17-24-14(29-25-17)11-8-4-1-2-6-10(8)30-15(11)23-13(26)12-9(16(27)28)5-3-7-22-12/h3,5,7H,1-2,4,6H2,(H,23,26)(H,27,28). The molecule has 2 N–H and O–H groups in total. The van der Waals surface area contributed by atoms with Gasteiger partial charge in [-0.1, -0.05) is 5.16 Å². The van der Waals surface area contributed by atoms with Gasteiger partial charge in [0.2, 0.25) is 0 Å². The lowest BCUT2D eigenvalue weighted by Gasteiger charge is -2.11. The first-order valence-corrected chi connectivity index (χ1v) is 9.63. The zero-order chi connectivity index (χ0) is 21.5. The second kappa shape index (κ2) is 7.52. The van der Waals surface area contributed by atoms with Crippen molar-refractivity contribution in [3.8, 4) is 11.5 Å². The van der Waals surface area contributed by atoms with Gasteiger partial charge in [-0.15, -0.1) is 11.3 Å². The van der Waals surface area contributed by atoms with Crippen molar-refractivity contribution in [1.82, 2.24) is 15.1 Å². The molecule has 0 saturated carbocycles. The topological polar surface area (TPSA) is 118 Å². The number of nitrogens with one attached hydrogen (secondary N) is 1. The summed E-state index contributed by atoms with van der Waals surface area (Å²) in [7, 11) is 0. The number of fused-ring (bicyclic) bond motifs is 1. The van der Waals surface area contributed by atoms with Crippen molar-refractivity contribution in [2.24, 2.45) is 0 Å². The molecule has 0 saturated heterocycles. The van der Waals surface area contributed by atoms with Crippen LogP contribution in [0.15, 0.2) is 22.9 Å². The van der Waals surface area contributed by atoms with Crippen LogP contribution in [-0.2, 0) is 19.0 Å². The van der Waals surface area contributed by atoms with Gasteiger partial charge in [0.25, 0.3) is 17.6 Å². The van der Waals surface area contributed by atoms with Crippen LogP contribution in [0.2, 0.25) is 0 Å². The van der Waals surface area contributed by atoms with E-state index in [0.29, 0.717) is 12.8 Å². The Morgan fingerprint density at radius 2 is 2.00 bits per heavy atom. The Bertz CT molecular complexity index is 1140. The van der Waals surface area contributed by atoms with Gasteiger partial charge in [0.1, 0.15) is 10.7 Å². The van der Waals surface area contributed by atoms with E-state index in [2.05, 4.69) is 20.4 Å². The van der Waals surface area contributed by atoms with E-state index in [0.717, 1.165) is 23.3 Å². The van der Waals surface area contributed by atoms with Gasteiger partial charge in [0.15, 0.2) is 0 Å². The maximum Gasteiger partial charge on any atom is 0.455 e. The molecule has 0 aromatic carbocycles. The number of carbonyl (C=O) groups is 2. The highest BCUT2D eigenvalue weighted by Crippen LogP contribution is 2.44. The zero-order valence-corrected chi connectivity index (χ0v) is 15.9. The third-order valence-electron chi connectivity index (χ3n) is 4.55. The number of aromatic nitrogens is 3. The van der Waals surface area contributed by atoms with Gasteiger partial charge >= 0.3 is 12.1 Å². The summed E-state index contributed by atoms with van der Waals surface area (Å²) < 4.78 is 43.6. The van der Waals surface area contributed by atoms with Crippen molar-refractivity contribution >= 4 is 28.2 Å². The lowest BCUT2D eigenvalue weighted by molar-refractivity contribution is -0.146. The van der Waals surface area contributed by atoms with E-state index in [1.54, 1.807) is 0 Å². The Morgan fingerprint density at radius 3 is 2.70 bits per heavy atom. The summed E-state index contributed by atoms with van der Waals surface area (Å²) in [6.45, 7) is 0. The summed E-state index contributed by atoms with van der Waals surface area (Å²) in [4.78, 5) is 32.3. The summed E-state index contributed by atoms with van der Waals surface area (Å²) in [5, 5.41) is 15.1. The molecule has 0 radical (unpaired) electrons. The number of nitrogens with zero attached hydrogens (tertiary/aromatic N) is 3. The van der Waals surface area contributed by atoms with Crippen LogP contribution in [0.4, 0.5) is 18.2 Å².